The van der Waals surface area contributed by atoms with Crippen molar-refractivity contribution in [1.29, 1.82) is 0 Å². The van der Waals surface area contributed by atoms with Gasteiger partial charge < -0.3 is 11.1 Å². The van der Waals surface area contributed by atoms with Crippen molar-refractivity contribution >= 4 is 30.7 Å². The third kappa shape index (κ3) is 4.34. The molecule has 0 bridgehead atoms. The molecule has 1 aliphatic rings. The third-order valence-corrected chi connectivity index (χ3v) is 3.43. The number of carbonyl (C=O) groups excluding carboxylic acids is 1. The van der Waals surface area contributed by atoms with Crippen LogP contribution in [0.4, 0.5) is 0 Å². The van der Waals surface area contributed by atoms with Gasteiger partial charge in [0.15, 0.2) is 0 Å². The highest BCUT2D eigenvalue weighted by molar-refractivity contribution is 5.86. The fourth-order valence-electron chi connectivity index (χ4n) is 2.28. The summed E-state index contributed by atoms with van der Waals surface area (Å²) in [7, 11) is 0. The summed E-state index contributed by atoms with van der Waals surface area (Å²) in [6.07, 6.45) is 5.39. The van der Waals surface area contributed by atoms with E-state index in [0.717, 1.165) is 31.4 Å². The van der Waals surface area contributed by atoms with E-state index < -0.39 is 5.54 Å². The van der Waals surface area contributed by atoms with Crippen LogP contribution in [0.1, 0.15) is 44.3 Å². The highest BCUT2D eigenvalue weighted by Gasteiger charge is 2.37. The van der Waals surface area contributed by atoms with Gasteiger partial charge in [-0.05, 0) is 31.9 Å². The summed E-state index contributed by atoms with van der Waals surface area (Å²) < 4.78 is 0. The lowest BCUT2D eigenvalue weighted by molar-refractivity contribution is -0.126. The lowest BCUT2D eigenvalue weighted by Crippen LogP contribution is -2.52. The predicted octanol–water partition coefficient (Wildman–Crippen LogP) is 2.37. The van der Waals surface area contributed by atoms with Crippen LogP contribution in [0.3, 0.4) is 0 Å². The average molecular weight is 306 g/mol. The summed E-state index contributed by atoms with van der Waals surface area (Å²) >= 11 is 0. The van der Waals surface area contributed by atoms with Gasteiger partial charge in [0.2, 0.25) is 5.91 Å². The molecule has 1 saturated carbocycles. The minimum absolute atomic E-state index is 0. The first-order valence-corrected chi connectivity index (χ1v) is 6.13. The largest absolute Gasteiger partial charge is 0.346 e. The standard InChI is InChI=1S/C13H19N3O.2ClH/c1-10(11-6-2-5-9-15-11)16-12(17)13(14)7-3-4-8-13;;/h2,5-6,9-10H,3-4,7-8,14H2,1H3,(H,16,17);2*1H. The van der Waals surface area contributed by atoms with E-state index in [1.54, 1.807) is 6.20 Å². The molecule has 1 atom stereocenters. The average Bonchev–Trinajstić information content (AvgIpc) is 2.78. The first-order chi connectivity index (χ1) is 8.12. The van der Waals surface area contributed by atoms with Gasteiger partial charge in [0.05, 0.1) is 17.3 Å². The first kappa shape index (κ1) is 18.2. The molecule has 1 heterocycles. The zero-order chi connectivity index (χ0) is 12.3. The Kier molecular flexibility index (Phi) is 7.34. The van der Waals surface area contributed by atoms with Gasteiger partial charge in [-0.3, -0.25) is 9.78 Å². The van der Waals surface area contributed by atoms with Gasteiger partial charge in [-0.1, -0.05) is 18.9 Å². The molecular formula is C13H21Cl2N3O. The van der Waals surface area contributed by atoms with Gasteiger partial charge in [0, 0.05) is 6.20 Å². The van der Waals surface area contributed by atoms with Crippen LogP contribution in [0.2, 0.25) is 0 Å². The van der Waals surface area contributed by atoms with Gasteiger partial charge in [0.1, 0.15) is 0 Å². The number of aromatic nitrogens is 1. The molecule has 0 radical (unpaired) electrons. The van der Waals surface area contributed by atoms with Crippen LogP contribution < -0.4 is 11.1 Å². The molecule has 108 valence electrons. The topological polar surface area (TPSA) is 68.0 Å². The van der Waals surface area contributed by atoms with Crippen LogP contribution >= 0.6 is 24.8 Å². The minimum atomic E-state index is -0.664. The molecule has 6 heteroatoms. The van der Waals surface area contributed by atoms with Gasteiger partial charge in [-0.25, -0.2) is 0 Å². The van der Waals surface area contributed by atoms with Crippen LogP contribution in [0, 0.1) is 0 Å². The Morgan fingerprint density at radius 1 is 1.37 bits per heavy atom. The van der Waals surface area contributed by atoms with Crippen molar-refractivity contribution in [2.24, 2.45) is 5.73 Å². The number of amides is 1. The lowest BCUT2D eigenvalue weighted by atomic mass is 9.97. The number of hydrogen-bond donors (Lipinski definition) is 2. The summed E-state index contributed by atoms with van der Waals surface area (Å²) in [4.78, 5) is 16.3. The molecule has 3 N–H and O–H groups in total. The summed E-state index contributed by atoms with van der Waals surface area (Å²) in [5.41, 5.74) is 6.30. The molecule has 0 aliphatic heterocycles. The number of halogens is 2. The molecule has 1 fully saturated rings. The van der Waals surface area contributed by atoms with Crippen molar-refractivity contribution < 1.29 is 4.79 Å². The maximum Gasteiger partial charge on any atom is 0.240 e. The van der Waals surface area contributed by atoms with E-state index in [1.807, 2.05) is 25.1 Å². The molecule has 19 heavy (non-hydrogen) atoms. The van der Waals surface area contributed by atoms with Crippen molar-refractivity contribution in [2.45, 2.75) is 44.2 Å². The van der Waals surface area contributed by atoms with Gasteiger partial charge >= 0.3 is 0 Å². The zero-order valence-electron chi connectivity index (χ0n) is 11.0. The molecule has 1 aliphatic carbocycles. The fraction of sp³-hybridized carbons (Fsp3) is 0.538. The molecule has 0 spiro atoms. The van der Waals surface area contributed by atoms with E-state index >= 15 is 0 Å². The molecule has 4 nitrogen and oxygen atoms in total. The second-order valence-corrected chi connectivity index (χ2v) is 4.81. The number of nitrogens with two attached hydrogens (primary N) is 1. The van der Waals surface area contributed by atoms with Crippen molar-refractivity contribution in [1.82, 2.24) is 10.3 Å². The number of rotatable bonds is 3. The Hall–Kier alpha value is -0.840. The first-order valence-electron chi connectivity index (χ1n) is 6.13. The molecule has 1 unspecified atom stereocenters. The number of carbonyl (C=O) groups is 1. The van der Waals surface area contributed by atoms with Crippen LogP contribution in [0.5, 0.6) is 0 Å². The fourth-order valence-corrected chi connectivity index (χ4v) is 2.28. The Labute approximate surface area is 126 Å². The maximum atomic E-state index is 12.1. The molecular weight excluding hydrogens is 285 g/mol. The van der Waals surface area contributed by atoms with Gasteiger partial charge in [-0.2, -0.15) is 0 Å². The van der Waals surface area contributed by atoms with E-state index in [1.165, 1.54) is 0 Å². The summed E-state index contributed by atoms with van der Waals surface area (Å²) in [6.45, 7) is 1.93. The Morgan fingerprint density at radius 2 is 2.00 bits per heavy atom. The van der Waals surface area contributed by atoms with Crippen LogP contribution in [0.25, 0.3) is 0 Å². The van der Waals surface area contributed by atoms with Crippen molar-refractivity contribution in [2.75, 3.05) is 0 Å². The van der Waals surface area contributed by atoms with E-state index in [9.17, 15) is 4.79 Å². The van der Waals surface area contributed by atoms with E-state index in [0.29, 0.717) is 0 Å². The quantitative estimate of drug-likeness (QED) is 0.901. The van der Waals surface area contributed by atoms with Gasteiger partial charge in [0.25, 0.3) is 0 Å². The van der Waals surface area contributed by atoms with Crippen LogP contribution in [0.15, 0.2) is 24.4 Å². The molecule has 2 rings (SSSR count). The molecule has 1 aromatic heterocycles. The zero-order valence-corrected chi connectivity index (χ0v) is 12.6. The molecule has 1 amide bonds. The van der Waals surface area contributed by atoms with Crippen molar-refractivity contribution in [3.8, 4) is 0 Å². The number of pyridine rings is 1. The second-order valence-electron chi connectivity index (χ2n) is 4.81. The van der Waals surface area contributed by atoms with Crippen LogP contribution in [-0.4, -0.2) is 16.4 Å². The number of nitrogens with one attached hydrogen (secondary N) is 1. The van der Waals surface area contributed by atoms with Crippen LogP contribution in [-0.2, 0) is 4.79 Å². The van der Waals surface area contributed by atoms with Crippen molar-refractivity contribution in [3.05, 3.63) is 30.1 Å². The number of hydrogen-bond acceptors (Lipinski definition) is 3. The highest BCUT2D eigenvalue weighted by atomic mass is 35.5. The number of nitrogens with zero attached hydrogens (tertiary/aromatic N) is 1. The molecule has 1 aromatic rings. The maximum absolute atomic E-state index is 12.1. The molecule has 0 aromatic carbocycles. The van der Waals surface area contributed by atoms with E-state index in [2.05, 4.69) is 10.3 Å². The second kappa shape index (κ2) is 7.68. The SMILES string of the molecule is CC(NC(=O)C1(N)CCCC1)c1ccccn1.Cl.Cl. The summed E-state index contributed by atoms with van der Waals surface area (Å²) in [5.74, 6) is -0.0480. The molecule has 0 saturated heterocycles. The predicted molar refractivity (Wildman–Crippen MR) is 80.7 cm³/mol. The summed E-state index contributed by atoms with van der Waals surface area (Å²) in [6, 6.07) is 5.59. The normalized spacial score (nSPS) is 17.8. The lowest BCUT2D eigenvalue weighted by Gasteiger charge is -2.24. The van der Waals surface area contributed by atoms with E-state index in [-0.39, 0.29) is 36.8 Å². The highest BCUT2D eigenvalue weighted by Crippen LogP contribution is 2.27. The van der Waals surface area contributed by atoms with E-state index in [4.69, 9.17) is 5.73 Å². The Bertz CT molecular complexity index is 394. The summed E-state index contributed by atoms with van der Waals surface area (Å²) in [5, 5.41) is 2.95. The van der Waals surface area contributed by atoms with Gasteiger partial charge in [-0.15, -0.1) is 24.8 Å². The van der Waals surface area contributed by atoms with Crippen molar-refractivity contribution in [3.63, 3.8) is 0 Å². The Morgan fingerprint density at radius 3 is 2.53 bits per heavy atom. The third-order valence-electron chi connectivity index (χ3n) is 3.43. The monoisotopic (exact) mass is 305 g/mol. The minimum Gasteiger partial charge on any atom is -0.346 e. The Balaban J connectivity index is 0.00000162. The smallest absolute Gasteiger partial charge is 0.240 e.